The first-order chi connectivity index (χ1) is 20.7. The maximum atomic E-state index is 9.88. The second-order valence-electron chi connectivity index (χ2n) is 12.9. The van der Waals surface area contributed by atoms with Gasteiger partial charge in [-0.3, -0.25) is 0 Å². The Bertz CT molecular complexity index is 1580. The molecule has 0 radical (unpaired) electrons. The van der Waals surface area contributed by atoms with E-state index in [1.165, 1.54) is 0 Å². The summed E-state index contributed by atoms with van der Waals surface area (Å²) in [7, 11) is 0. The summed E-state index contributed by atoms with van der Waals surface area (Å²) in [6, 6.07) is 6.00. The number of anilines is 2. The van der Waals surface area contributed by atoms with E-state index >= 15 is 0 Å². The Hall–Kier alpha value is -3.92. The minimum absolute atomic E-state index is 0.340. The quantitative estimate of drug-likeness (QED) is 0.236. The lowest BCUT2D eigenvalue weighted by Gasteiger charge is -2.48. The molecule has 0 amide bonds. The number of pyridine rings is 4. The highest BCUT2D eigenvalue weighted by molar-refractivity contribution is 5.94. The van der Waals surface area contributed by atoms with Gasteiger partial charge < -0.3 is 29.1 Å². The van der Waals surface area contributed by atoms with Crippen LogP contribution in [0.5, 0.6) is 17.2 Å². The molecule has 4 aromatic rings. The highest BCUT2D eigenvalue weighted by atomic mass is 16.5. The van der Waals surface area contributed by atoms with Crippen LogP contribution in [0.3, 0.4) is 0 Å². The topological polar surface area (TPSA) is 106 Å². The van der Waals surface area contributed by atoms with Crippen LogP contribution in [-0.4, -0.2) is 76.1 Å². The van der Waals surface area contributed by atoms with Crippen LogP contribution in [0.1, 0.15) is 47.5 Å². The average molecular weight is 587 g/mol. The third-order valence-corrected chi connectivity index (χ3v) is 7.99. The van der Waals surface area contributed by atoms with Crippen molar-refractivity contribution in [3.8, 4) is 17.2 Å². The van der Waals surface area contributed by atoms with E-state index in [1.807, 2.05) is 29.3 Å². The summed E-state index contributed by atoms with van der Waals surface area (Å²) in [5.74, 6) is 4.88. The number of aromatic nitrogens is 4. The molecule has 2 aliphatic heterocycles. The van der Waals surface area contributed by atoms with Gasteiger partial charge >= 0.3 is 0 Å². The smallest absolute Gasteiger partial charge is 0.155 e. The summed E-state index contributed by atoms with van der Waals surface area (Å²) in [6.07, 6.45) is 8.76. The number of aliphatic hydroxyl groups is 1. The summed E-state index contributed by atoms with van der Waals surface area (Å²) < 4.78 is 18.6. The molecule has 0 unspecified atom stereocenters. The molecule has 0 aliphatic carbocycles. The summed E-state index contributed by atoms with van der Waals surface area (Å²) in [5, 5.41) is 11.7. The summed E-state index contributed by atoms with van der Waals surface area (Å²) in [4.78, 5) is 23.1. The van der Waals surface area contributed by atoms with Crippen molar-refractivity contribution in [1.29, 1.82) is 0 Å². The predicted molar refractivity (Wildman–Crippen MR) is 168 cm³/mol. The molecule has 228 valence electrons. The van der Waals surface area contributed by atoms with Gasteiger partial charge in [-0.05, 0) is 49.8 Å². The second-order valence-corrected chi connectivity index (χ2v) is 12.9. The predicted octanol–water partition coefficient (Wildman–Crippen LogP) is 5.26. The lowest BCUT2D eigenvalue weighted by molar-refractivity contribution is 0.0589. The molecule has 4 aromatic heterocycles. The summed E-state index contributed by atoms with van der Waals surface area (Å²) in [5.41, 5.74) is 1.13. The van der Waals surface area contributed by atoms with Gasteiger partial charge in [0.2, 0.25) is 0 Å². The van der Waals surface area contributed by atoms with Crippen LogP contribution in [0.15, 0.2) is 43.0 Å². The van der Waals surface area contributed by atoms with Crippen molar-refractivity contribution in [1.82, 2.24) is 19.9 Å². The molecule has 10 heteroatoms. The van der Waals surface area contributed by atoms with E-state index in [9.17, 15) is 5.11 Å². The minimum atomic E-state index is -0.457. The molecule has 0 atom stereocenters. The van der Waals surface area contributed by atoms with Gasteiger partial charge in [-0.1, -0.05) is 27.7 Å². The zero-order chi connectivity index (χ0) is 30.1. The van der Waals surface area contributed by atoms with Gasteiger partial charge in [0.05, 0.1) is 56.4 Å². The Labute approximate surface area is 253 Å². The first-order valence-corrected chi connectivity index (χ1v) is 15.3. The van der Waals surface area contributed by atoms with Crippen LogP contribution in [0.25, 0.3) is 21.8 Å². The molecule has 1 N–H and O–H groups in total. The van der Waals surface area contributed by atoms with Crippen molar-refractivity contribution in [3.05, 3.63) is 43.0 Å². The molecule has 6 heterocycles. The lowest BCUT2D eigenvalue weighted by atomic mass is 9.95. The minimum Gasteiger partial charge on any atom is -0.492 e. The number of β-amino-alcohol motifs (C(OH)–C–C–N with tert-alkyl or cyclic N) is 1. The van der Waals surface area contributed by atoms with Crippen LogP contribution >= 0.6 is 0 Å². The fourth-order valence-corrected chi connectivity index (χ4v) is 5.48. The summed E-state index contributed by atoms with van der Waals surface area (Å²) in [6.45, 7) is 14.5. The number of fused-ring (bicyclic) bond motifs is 2. The van der Waals surface area contributed by atoms with Crippen molar-refractivity contribution in [2.24, 2.45) is 11.8 Å². The Kier molecular flexibility index (Phi) is 8.13. The van der Waals surface area contributed by atoms with Crippen molar-refractivity contribution >= 4 is 33.4 Å². The van der Waals surface area contributed by atoms with Gasteiger partial charge in [-0.2, -0.15) is 0 Å². The average Bonchev–Trinajstić information content (AvgIpc) is 2.94. The number of nitrogens with zero attached hydrogens (tertiary/aromatic N) is 6. The van der Waals surface area contributed by atoms with E-state index in [1.54, 1.807) is 18.6 Å². The van der Waals surface area contributed by atoms with Crippen molar-refractivity contribution in [3.63, 3.8) is 0 Å². The molecule has 0 bridgehead atoms. The van der Waals surface area contributed by atoms with Crippen LogP contribution in [0, 0.1) is 11.8 Å². The van der Waals surface area contributed by atoms with Crippen LogP contribution in [0.4, 0.5) is 11.6 Å². The molecule has 43 heavy (non-hydrogen) atoms. The van der Waals surface area contributed by atoms with Gasteiger partial charge in [-0.15, -0.1) is 0 Å². The largest absolute Gasteiger partial charge is 0.492 e. The number of hydrogen-bond donors (Lipinski definition) is 1. The number of hydrogen-bond acceptors (Lipinski definition) is 10. The maximum absolute atomic E-state index is 9.88. The van der Waals surface area contributed by atoms with Crippen molar-refractivity contribution in [2.75, 3.05) is 49.2 Å². The molecule has 0 spiro atoms. The van der Waals surface area contributed by atoms with Crippen molar-refractivity contribution in [2.45, 2.75) is 59.2 Å². The van der Waals surface area contributed by atoms with E-state index in [0.717, 1.165) is 52.0 Å². The number of aliphatic hydroxyl groups excluding tert-OH is 1. The van der Waals surface area contributed by atoms with E-state index in [-0.39, 0.29) is 6.10 Å². The monoisotopic (exact) mass is 586 g/mol. The van der Waals surface area contributed by atoms with Crippen LogP contribution < -0.4 is 24.0 Å². The van der Waals surface area contributed by atoms with Gasteiger partial charge in [-0.25, -0.2) is 19.9 Å². The molecular weight excluding hydrogens is 544 g/mol. The van der Waals surface area contributed by atoms with E-state index < -0.39 is 5.60 Å². The normalized spacial score (nSPS) is 16.6. The third kappa shape index (κ3) is 6.39. The Balaban J connectivity index is 1.20. The molecule has 0 saturated carbocycles. The number of ether oxygens (including phenoxy) is 3. The van der Waals surface area contributed by atoms with E-state index in [4.69, 9.17) is 29.2 Å². The Morgan fingerprint density at radius 2 is 1.47 bits per heavy atom. The first-order valence-electron chi connectivity index (χ1n) is 15.3. The Morgan fingerprint density at radius 1 is 0.837 bits per heavy atom. The lowest BCUT2D eigenvalue weighted by Crippen LogP contribution is -2.63. The van der Waals surface area contributed by atoms with Gasteiger partial charge in [0.1, 0.15) is 33.9 Å². The molecule has 0 aromatic carbocycles. The standard InChI is InChI=1S/C33H42N6O4/c1-21(2)7-10-41-25-12-23-6-9-34-31(29(23)35-14-25)39-19-33(5,20-39)43-28-16-37-32(38-17-24(40)18-38)30-27(28)13-26(15-36-30)42-11-8-22(3)4/h6,9,12-16,21-22,24,40H,7-8,10-11,17-20H2,1-5H3. The fraction of sp³-hybridized carbons (Fsp3) is 0.515. The number of rotatable bonds is 12. The molecule has 2 saturated heterocycles. The van der Waals surface area contributed by atoms with Gasteiger partial charge in [0, 0.05) is 24.7 Å². The van der Waals surface area contributed by atoms with E-state index in [0.29, 0.717) is 62.7 Å². The molecule has 10 nitrogen and oxygen atoms in total. The van der Waals surface area contributed by atoms with Crippen LogP contribution in [-0.2, 0) is 0 Å². The maximum Gasteiger partial charge on any atom is 0.155 e. The van der Waals surface area contributed by atoms with Gasteiger partial charge in [0.15, 0.2) is 11.6 Å². The first kappa shape index (κ1) is 29.2. The third-order valence-electron chi connectivity index (χ3n) is 7.99. The van der Waals surface area contributed by atoms with Crippen molar-refractivity contribution < 1.29 is 19.3 Å². The molecule has 6 rings (SSSR count). The zero-order valence-electron chi connectivity index (χ0n) is 25.8. The van der Waals surface area contributed by atoms with Crippen LogP contribution in [0.2, 0.25) is 0 Å². The fourth-order valence-electron chi connectivity index (χ4n) is 5.48. The molecule has 2 aliphatic rings. The molecule has 2 fully saturated rings. The Morgan fingerprint density at radius 3 is 2.12 bits per heavy atom. The van der Waals surface area contributed by atoms with E-state index in [2.05, 4.69) is 44.5 Å². The summed E-state index contributed by atoms with van der Waals surface area (Å²) >= 11 is 0. The van der Waals surface area contributed by atoms with Gasteiger partial charge in [0.25, 0.3) is 0 Å². The second kappa shape index (κ2) is 12.0. The SMILES string of the molecule is CC(C)CCOc1cnc2c(N3CC(C)(Oc4cnc(N5CC(O)C5)c5ncc(OCCC(C)C)cc45)C3)nccc2c1. The highest BCUT2D eigenvalue weighted by Gasteiger charge is 2.43. The zero-order valence-corrected chi connectivity index (χ0v) is 25.8. The molecular formula is C33H42N6O4. The highest BCUT2D eigenvalue weighted by Crippen LogP contribution is 2.39.